The van der Waals surface area contributed by atoms with E-state index in [1.165, 1.54) is 18.2 Å². The molecular weight excluding hydrogens is 317 g/mol. The van der Waals surface area contributed by atoms with Gasteiger partial charge in [0.2, 0.25) is 0 Å². The molecule has 1 aromatic heterocycles. The minimum atomic E-state index is -0.376. The lowest BCUT2D eigenvalue weighted by Crippen LogP contribution is -1.99. The van der Waals surface area contributed by atoms with Crippen LogP contribution in [0.1, 0.15) is 0 Å². The monoisotopic (exact) mass is 323 g/mol. The minimum absolute atomic E-state index is 0.205. The molecule has 100 valence electrons. The molecule has 0 radical (unpaired) electrons. The topological polar surface area (TPSA) is 18.1 Å². The van der Waals surface area contributed by atoms with Crippen molar-refractivity contribution in [2.24, 2.45) is 0 Å². The van der Waals surface area contributed by atoms with Gasteiger partial charge in [-0.15, -0.1) is 0 Å². The number of benzene rings is 2. The van der Waals surface area contributed by atoms with Crippen LogP contribution >= 0.6 is 36.0 Å². The summed E-state index contributed by atoms with van der Waals surface area (Å²) in [6.07, 6.45) is 0. The van der Waals surface area contributed by atoms with Crippen molar-refractivity contribution in [3.63, 3.8) is 0 Å². The van der Waals surface area contributed by atoms with Crippen LogP contribution < -0.4 is 0 Å². The second-order valence-corrected chi connectivity index (χ2v) is 5.30. The molecule has 0 aliphatic carbocycles. The van der Waals surface area contributed by atoms with Crippen molar-refractivity contribution in [1.82, 2.24) is 4.57 Å². The highest BCUT2D eigenvalue weighted by molar-refractivity contribution is 7.72. The fourth-order valence-corrected chi connectivity index (χ4v) is 2.73. The summed E-state index contributed by atoms with van der Waals surface area (Å²) in [6, 6.07) is 11.2. The van der Waals surface area contributed by atoms with Crippen molar-refractivity contribution in [1.29, 1.82) is 0 Å². The number of halogens is 2. The Labute approximate surface area is 129 Å². The zero-order valence-corrected chi connectivity index (χ0v) is 12.4. The van der Waals surface area contributed by atoms with E-state index in [4.69, 9.17) is 40.5 Å². The first-order chi connectivity index (χ1) is 9.56. The third-order valence-electron chi connectivity index (χ3n) is 2.84. The third-order valence-corrected chi connectivity index (χ3v) is 3.76. The average Bonchev–Trinajstić information content (AvgIpc) is 2.42. The number of hydrogen-bond donors (Lipinski definition) is 0. The zero-order chi connectivity index (χ0) is 14.3. The molecule has 0 aliphatic rings. The van der Waals surface area contributed by atoms with E-state index in [0.717, 1.165) is 5.69 Å². The highest BCUT2D eigenvalue weighted by Crippen LogP contribution is 2.22. The fourth-order valence-electron chi connectivity index (χ4n) is 1.91. The van der Waals surface area contributed by atoms with Gasteiger partial charge >= 0.3 is 0 Å². The molecule has 0 unspecified atom stereocenters. The molecule has 6 heteroatoms. The first-order valence-corrected chi connectivity index (χ1v) is 6.87. The van der Waals surface area contributed by atoms with Crippen LogP contribution in [-0.4, -0.2) is 4.57 Å². The summed E-state index contributed by atoms with van der Waals surface area (Å²) in [5.41, 5.74) is 1.19. The molecule has 0 N–H and O–H groups in total. The van der Waals surface area contributed by atoms with E-state index in [1.807, 2.05) is 0 Å². The molecule has 3 rings (SSSR count). The van der Waals surface area contributed by atoms with Crippen LogP contribution in [0, 0.1) is 15.3 Å². The van der Waals surface area contributed by atoms with Gasteiger partial charge < -0.3 is 4.42 Å². The van der Waals surface area contributed by atoms with Gasteiger partial charge in [-0.05, 0) is 54.7 Å². The fraction of sp³-hybridized carbons (Fsp3) is 0. The highest BCUT2D eigenvalue weighted by atomic mass is 35.5. The SMILES string of the molecule is Fc1ccc2oc(=S)n(-c3ccc(Cl)cc3)c(=S)c2c1. The van der Waals surface area contributed by atoms with Crippen LogP contribution in [0.2, 0.25) is 5.02 Å². The number of hydrogen-bond acceptors (Lipinski definition) is 3. The number of nitrogens with zero attached hydrogens (tertiary/aromatic N) is 1. The van der Waals surface area contributed by atoms with Gasteiger partial charge in [-0.25, -0.2) is 4.39 Å². The van der Waals surface area contributed by atoms with E-state index in [0.29, 0.717) is 20.6 Å². The van der Waals surface area contributed by atoms with Gasteiger partial charge in [-0.2, -0.15) is 0 Å². The number of rotatable bonds is 1. The molecular formula is C14H7ClFNOS2. The van der Waals surface area contributed by atoms with Crippen LogP contribution in [0.5, 0.6) is 0 Å². The standard InChI is InChI=1S/C14H7ClFNOS2/c15-8-1-4-10(5-2-8)17-13(19)11-7-9(16)3-6-12(11)18-14(17)20/h1-7H. The van der Waals surface area contributed by atoms with Crippen LogP contribution in [0.3, 0.4) is 0 Å². The Hall–Kier alpha value is -1.56. The summed E-state index contributed by atoms with van der Waals surface area (Å²) < 4.78 is 20.9. The smallest absolute Gasteiger partial charge is 0.274 e. The summed E-state index contributed by atoms with van der Waals surface area (Å²) in [7, 11) is 0. The Kier molecular flexibility index (Phi) is 3.41. The molecule has 0 saturated carbocycles. The molecule has 0 fully saturated rings. The maximum Gasteiger partial charge on any atom is 0.274 e. The third kappa shape index (κ3) is 2.28. The van der Waals surface area contributed by atoms with Gasteiger partial charge in [-0.1, -0.05) is 23.8 Å². The van der Waals surface area contributed by atoms with Crippen molar-refractivity contribution in [2.45, 2.75) is 0 Å². The molecule has 0 spiro atoms. The van der Waals surface area contributed by atoms with Gasteiger partial charge in [0, 0.05) is 5.02 Å². The molecule has 0 amide bonds. The zero-order valence-electron chi connectivity index (χ0n) is 9.97. The normalized spacial score (nSPS) is 10.9. The van der Waals surface area contributed by atoms with Crippen molar-refractivity contribution in [3.05, 3.63) is 62.8 Å². The average molecular weight is 324 g/mol. The lowest BCUT2D eigenvalue weighted by molar-refractivity contribution is 0.535. The van der Waals surface area contributed by atoms with Gasteiger partial charge in [0.15, 0.2) is 0 Å². The quantitative estimate of drug-likeness (QED) is 0.553. The molecule has 0 bridgehead atoms. The van der Waals surface area contributed by atoms with Crippen LogP contribution in [0.25, 0.3) is 16.7 Å². The second-order valence-electron chi connectivity index (χ2n) is 4.13. The van der Waals surface area contributed by atoms with Crippen molar-refractivity contribution >= 4 is 47.0 Å². The highest BCUT2D eigenvalue weighted by Gasteiger charge is 2.07. The van der Waals surface area contributed by atoms with E-state index in [9.17, 15) is 4.39 Å². The number of aromatic nitrogens is 1. The first kappa shape index (κ1) is 13.4. The van der Waals surface area contributed by atoms with E-state index in [-0.39, 0.29) is 10.7 Å². The molecule has 2 nitrogen and oxygen atoms in total. The summed E-state index contributed by atoms with van der Waals surface area (Å²) in [5, 5.41) is 1.11. The molecule has 20 heavy (non-hydrogen) atoms. The van der Waals surface area contributed by atoms with Crippen LogP contribution in [-0.2, 0) is 0 Å². The number of fused-ring (bicyclic) bond motifs is 1. The van der Waals surface area contributed by atoms with Gasteiger partial charge in [0.05, 0.1) is 11.1 Å². The minimum Gasteiger partial charge on any atom is -0.431 e. The maximum atomic E-state index is 13.4. The summed E-state index contributed by atoms with van der Waals surface area (Å²) in [4.78, 5) is 0.205. The van der Waals surface area contributed by atoms with Crippen molar-refractivity contribution in [2.75, 3.05) is 0 Å². The summed E-state index contributed by atoms with van der Waals surface area (Å²) >= 11 is 16.5. The Balaban J connectivity index is 2.39. The largest absolute Gasteiger partial charge is 0.431 e. The molecule has 2 aromatic carbocycles. The van der Waals surface area contributed by atoms with Crippen molar-refractivity contribution < 1.29 is 8.81 Å². The lowest BCUT2D eigenvalue weighted by Gasteiger charge is -2.08. The Bertz CT molecular complexity index is 915. The molecule has 0 atom stereocenters. The predicted octanol–water partition coefficient (Wildman–Crippen LogP) is 5.47. The summed E-state index contributed by atoms with van der Waals surface area (Å²) in [5.74, 6) is -0.376. The van der Waals surface area contributed by atoms with E-state index < -0.39 is 0 Å². The maximum absolute atomic E-state index is 13.4. The first-order valence-electron chi connectivity index (χ1n) is 5.67. The molecule has 0 aliphatic heterocycles. The van der Waals surface area contributed by atoms with Crippen molar-refractivity contribution in [3.8, 4) is 5.69 Å². The van der Waals surface area contributed by atoms with Gasteiger partial charge in [-0.3, -0.25) is 4.57 Å². The Morgan fingerprint density at radius 1 is 1.05 bits per heavy atom. The second kappa shape index (κ2) is 5.09. The molecule has 0 saturated heterocycles. The van der Waals surface area contributed by atoms with E-state index >= 15 is 0 Å². The lowest BCUT2D eigenvalue weighted by atomic mass is 10.2. The van der Waals surface area contributed by atoms with E-state index in [1.54, 1.807) is 28.8 Å². The Morgan fingerprint density at radius 2 is 1.75 bits per heavy atom. The van der Waals surface area contributed by atoms with Crippen LogP contribution in [0.15, 0.2) is 46.9 Å². The van der Waals surface area contributed by atoms with E-state index in [2.05, 4.69) is 0 Å². The summed E-state index contributed by atoms with van der Waals surface area (Å²) in [6.45, 7) is 0. The van der Waals surface area contributed by atoms with Gasteiger partial charge in [0.25, 0.3) is 4.84 Å². The molecule has 3 aromatic rings. The Morgan fingerprint density at radius 3 is 2.45 bits per heavy atom. The predicted molar refractivity (Wildman–Crippen MR) is 82.2 cm³/mol. The van der Waals surface area contributed by atoms with Gasteiger partial charge in [0.1, 0.15) is 16.0 Å². The molecule has 1 heterocycles. The van der Waals surface area contributed by atoms with Crippen LogP contribution in [0.4, 0.5) is 4.39 Å².